The van der Waals surface area contributed by atoms with Crippen LogP contribution < -0.4 is 10.1 Å². The SMILES string of the molecule is O=C(COc1ccccc1)NCC1(c2c[nH]c3cc(Cl)ccc23)CC1. The van der Waals surface area contributed by atoms with Crippen LogP contribution >= 0.6 is 11.6 Å². The van der Waals surface area contributed by atoms with E-state index in [1.807, 2.05) is 54.7 Å². The lowest BCUT2D eigenvalue weighted by Crippen LogP contribution is -2.35. The maximum Gasteiger partial charge on any atom is 0.257 e. The van der Waals surface area contributed by atoms with Crippen LogP contribution in [0.2, 0.25) is 5.02 Å². The minimum atomic E-state index is -0.0991. The van der Waals surface area contributed by atoms with E-state index in [1.54, 1.807) is 0 Å². The number of aromatic nitrogens is 1. The first-order valence-corrected chi connectivity index (χ1v) is 8.76. The number of benzene rings is 2. The second-order valence-electron chi connectivity index (χ2n) is 6.55. The number of aromatic amines is 1. The van der Waals surface area contributed by atoms with E-state index < -0.39 is 0 Å². The summed E-state index contributed by atoms with van der Waals surface area (Å²) in [6, 6.07) is 15.2. The molecule has 5 heteroatoms. The second-order valence-corrected chi connectivity index (χ2v) is 6.99. The van der Waals surface area contributed by atoms with Gasteiger partial charge in [0.2, 0.25) is 0 Å². The lowest BCUT2D eigenvalue weighted by molar-refractivity contribution is -0.123. The van der Waals surface area contributed by atoms with Gasteiger partial charge in [0.15, 0.2) is 6.61 Å². The molecular weight excluding hydrogens is 336 g/mol. The van der Waals surface area contributed by atoms with Crippen molar-refractivity contribution in [3.8, 4) is 5.75 Å². The Morgan fingerprint density at radius 1 is 1.20 bits per heavy atom. The van der Waals surface area contributed by atoms with Crippen LogP contribution in [0.4, 0.5) is 0 Å². The van der Waals surface area contributed by atoms with Gasteiger partial charge in [0, 0.05) is 34.1 Å². The van der Waals surface area contributed by atoms with Crippen LogP contribution in [0, 0.1) is 0 Å². The fourth-order valence-electron chi connectivity index (χ4n) is 3.21. The van der Waals surface area contributed by atoms with Gasteiger partial charge in [-0.2, -0.15) is 0 Å². The summed E-state index contributed by atoms with van der Waals surface area (Å²) < 4.78 is 5.49. The monoisotopic (exact) mass is 354 g/mol. The topological polar surface area (TPSA) is 54.1 Å². The lowest BCUT2D eigenvalue weighted by Gasteiger charge is -2.16. The van der Waals surface area contributed by atoms with Crippen LogP contribution in [-0.4, -0.2) is 24.0 Å². The average molecular weight is 355 g/mol. The van der Waals surface area contributed by atoms with Crippen molar-refractivity contribution >= 4 is 28.4 Å². The Morgan fingerprint density at radius 3 is 2.76 bits per heavy atom. The maximum absolute atomic E-state index is 12.1. The Hall–Kier alpha value is -2.46. The lowest BCUT2D eigenvalue weighted by atomic mass is 9.95. The quantitative estimate of drug-likeness (QED) is 0.701. The molecule has 2 N–H and O–H groups in total. The Labute approximate surface area is 151 Å². The highest BCUT2D eigenvalue weighted by Crippen LogP contribution is 2.50. The van der Waals surface area contributed by atoms with E-state index in [2.05, 4.69) is 10.3 Å². The van der Waals surface area contributed by atoms with Crippen molar-refractivity contribution in [3.63, 3.8) is 0 Å². The molecule has 0 radical (unpaired) electrons. The van der Waals surface area contributed by atoms with Crippen LogP contribution in [0.25, 0.3) is 10.9 Å². The van der Waals surface area contributed by atoms with Gasteiger partial charge in [-0.3, -0.25) is 4.79 Å². The molecule has 0 spiro atoms. The second kappa shape index (κ2) is 6.45. The van der Waals surface area contributed by atoms with Crippen LogP contribution in [0.1, 0.15) is 18.4 Å². The highest BCUT2D eigenvalue weighted by Gasteiger charge is 2.45. The smallest absolute Gasteiger partial charge is 0.257 e. The maximum atomic E-state index is 12.1. The molecule has 3 aromatic rings. The normalized spacial score (nSPS) is 15.1. The zero-order chi connectivity index (χ0) is 17.3. The minimum Gasteiger partial charge on any atom is -0.484 e. The molecule has 1 aromatic heterocycles. The minimum absolute atomic E-state index is 0.0223. The third kappa shape index (κ3) is 3.35. The molecule has 0 unspecified atom stereocenters. The molecular formula is C20H19ClN2O2. The van der Waals surface area contributed by atoms with E-state index in [1.165, 1.54) is 10.9 Å². The van der Waals surface area contributed by atoms with Crippen LogP contribution in [0.3, 0.4) is 0 Å². The predicted molar refractivity (Wildman–Crippen MR) is 99.2 cm³/mol. The molecule has 4 rings (SSSR count). The number of rotatable bonds is 6. The van der Waals surface area contributed by atoms with E-state index in [-0.39, 0.29) is 17.9 Å². The Morgan fingerprint density at radius 2 is 2.00 bits per heavy atom. The average Bonchev–Trinajstić information content (AvgIpc) is 3.31. The number of fused-ring (bicyclic) bond motifs is 1. The highest BCUT2D eigenvalue weighted by molar-refractivity contribution is 6.31. The fraction of sp³-hybridized carbons (Fsp3) is 0.250. The van der Waals surface area contributed by atoms with Crippen LogP contribution in [-0.2, 0) is 10.2 Å². The number of halogens is 1. The molecule has 1 aliphatic rings. The summed E-state index contributed by atoms with van der Waals surface area (Å²) in [5.74, 6) is 0.602. The number of hydrogen-bond acceptors (Lipinski definition) is 2. The number of carbonyl (C=O) groups excluding carboxylic acids is 1. The zero-order valence-corrected chi connectivity index (χ0v) is 14.5. The first kappa shape index (κ1) is 16.0. The summed E-state index contributed by atoms with van der Waals surface area (Å²) in [5.41, 5.74) is 2.31. The summed E-state index contributed by atoms with van der Waals surface area (Å²) in [4.78, 5) is 15.4. The van der Waals surface area contributed by atoms with Crippen molar-refractivity contribution in [2.75, 3.05) is 13.2 Å². The summed E-state index contributed by atoms with van der Waals surface area (Å²) in [7, 11) is 0. The first-order valence-electron chi connectivity index (χ1n) is 8.38. The Bertz CT molecular complexity index is 900. The summed E-state index contributed by atoms with van der Waals surface area (Å²) >= 11 is 6.05. The molecule has 0 atom stereocenters. The number of amides is 1. The largest absolute Gasteiger partial charge is 0.484 e. The molecule has 2 aromatic carbocycles. The molecule has 1 saturated carbocycles. The third-order valence-corrected chi connectivity index (χ3v) is 5.04. The third-order valence-electron chi connectivity index (χ3n) is 4.81. The van der Waals surface area contributed by atoms with Gasteiger partial charge >= 0.3 is 0 Å². The molecule has 1 fully saturated rings. The van der Waals surface area contributed by atoms with Crippen molar-refractivity contribution in [1.29, 1.82) is 0 Å². The summed E-state index contributed by atoms with van der Waals surface area (Å²) in [5, 5.41) is 4.91. The molecule has 0 bridgehead atoms. The molecule has 128 valence electrons. The molecule has 1 aliphatic carbocycles. The summed E-state index contributed by atoms with van der Waals surface area (Å²) in [6.45, 7) is 0.656. The van der Waals surface area contributed by atoms with E-state index in [0.29, 0.717) is 12.3 Å². The van der Waals surface area contributed by atoms with Gasteiger partial charge in [0.05, 0.1) is 0 Å². The predicted octanol–water partition coefficient (Wildman–Crippen LogP) is 4.05. The van der Waals surface area contributed by atoms with Gasteiger partial charge in [-0.25, -0.2) is 0 Å². The van der Waals surface area contributed by atoms with E-state index in [0.717, 1.165) is 23.4 Å². The number of para-hydroxylation sites is 1. The molecule has 1 amide bonds. The number of ether oxygens (including phenoxy) is 1. The van der Waals surface area contributed by atoms with Gasteiger partial charge in [0.25, 0.3) is 5.91 Å². The van der Waals surface area contributed by atoms with Crippen molar-refractivity contribution < 1.29 is 9.53 Å². The number of carbonyl (C=O) groups is 1. The number of nitrogens with one attached hydrogen (secondary N) is 2. The molecule has 0 saturated heterocycles. The van der Waals surface area contributed by atoms with E-state index in [4.69, 9.17) is 16.3 Å². The summed E-state index contributed by atoms with van der Waals surface area (Å²) in [6.07, 6.45) is 4.19. The van der Waals surface area contributed by atoms with E-state index >= 15 is 0 Å². The van der Waals surface area contributed by atoms with Crippen molar-refractivity contribution in [3.05, 3.63) is 65.3 Å². The molecule has 1 heterocycles. The first-order chi connectivity index (χ1) is 12.2. The van der Waals surface area contributed by atoms with Crippen molar-refractivity contribution in [2.24, 2.45) is 0 Å². The van der Waals surface area contributed by atoms with Gasteiger partial charge in [-0.15, -0.1) is 0 Å². The molecule has 4 nitrogen and oxygen atoms in total. The van der Waals surface area contributed by atoms with Crippen molar-refractivity contribution in [2.45, 2.75) is 18.3 Å². The van der Waals surface area contributed by atoms with Gasteiger partial charge in [-0.05, 0) is 42.7 Å². The zero-order valence-electron chi connectivity index (χ0n) is 13.7. The molecule has 0 aliphatic heterocycles. The highest BCUT2D eigenvalue weighted by atomic mass is 35.5. The van der Waals surface area contributed by atoms with Gasteiger partial charge < -0.3 is 15.0 Å². The van der Waals surface area contributed by atoms with Crippen LogP contribution in [0.5, 0.6) is 5.75 Å². The number of hydrogen-bond donors (Lipinski definition) is 2. The Balaban J connectivity index is 1.39. The number of H-pyrrole nitrogens is 1. The fourth-order valence-corrected chi connectivity index (χ4v) is 3.39. The van der Waals surface area contributed by atoms with E-state index in [9.17, 15) is 4.79 Å². The molecule has 25 heavy (non-hydrogen) atoms. The van der Waals surface area contributed by atoms with Crippen molar-refractivity contribution in [1.82, 2.24) is 10.3 Å². The van der Waals surface area contributed by atoms with Gasteiger partial charge in [0.1, 0.15) is 5.75 Å². The van der Waals surface area contributed by atoms with Gasteiger partial charge in [-0.1, -0.05) is 35.9 Å². The standard InChI is InChI=1S/C20H19ClN2O2/c21-14-6-7-16-17(11-22-18(16)10-14)20(8-9-20)13-23-19(24)12-25-15-4-2-1-3-5-15/h1-7,10-11,22H,8-9,12-13H2,(H,23,24). The van der Waals surface area contributed by atoms with Crippen LogP contribution in [0.15, 0.2) is 54.7 Å². The Kier molecular flexibility index (Phi) is 4.14.